The lowest BCUT2D eigenvalue weighted by Crippen LogP contribution is -2.30. The quantitative estimate of drug-likeness (QED) is 0.907. The van der Waals surface area contributed by atoms with E-state index in [1.807, 2.05) is 0 Å². The molecule has 2 rings (SSSR count). The second-order valence-corrected chi connectivity index (χ2v) is 5.20. The summed E-state index contributed by atoms with van der Waals surface area (Å²) in [5.74, 6) is -0.733. The summed E-state index contributed by atoms with van der Waals surface area (Å²) in [6, 6.07) is 8.24. The Bertz CT molecular complexity index is 821. The molecule has 0 aliphatic carbocycles. The molecule has 0 atom stereocenters. The van der Waals surface area contributed by atoms with Gasteiger partial charge in [-0.2, -0.15) is 5.26 Å². The number of nitriles is 1. The summed E-state index contributed by atoms with van der Waals surface area (Å²) in [6.07, 6.45) is 1.50. The van der Waals surface area contributed by atoms with Crippen molar-refractivity contribution in [3.8, 4) is 6.07 Å². The summed E-state index contributed by atoms with van der Waals surface area (Å²) >= 11 is 11.9. The Morgan fingerprint density at radius 2 is 2.05 bits per heavy atom. The van der Waals surface area contributed by atoms with Crippen LogP contribution < -0.4 is 11.2 Å². The van der Waals surface area contributed by atoms with Crippen LogP contribution in [-0.4, -0.2) is 10.5 Å². The van der Waals surface area contributed by atoms with E-state index in [0.29, 0.717) is 16.1 Å². The maximum Gasteiger partial charge on any atom is 0.252 e. The molecule has 106 valence electrons. The molecule has 0 aliphatic heterocycles. The monoisotopic (exact) mass is 320 g/mol. The first-order chi connectivity index (χ1) is 9.92. The zero-order valence-corrected chi connectivity index (χ0v) is 12.2. The van der Waals surface area contributed by atoms with Crippen LogP contribution in [0.3, 0.4) is 0 Å². The minimum absolute atomic E-state index is 0.0167. The minimum atomic E-state index is -0.733. The predicted molar refractivity (Wildman–Crippen MR) is 79.1 cm³/mol. The molecule has 0 saturated heterocycles. The number of halogens is 2. The molecular formula is C14H10Cl2N4O. The average molecular weight is 321 g/mol. The fourth-order valence-electron chi connectivity index (χ4n) is 1.91. The number of nitrogens with one attached hydrogen (secondary N) is 1. The lowest BCUT2D eigenvalue weighted by molar-refractivity contribution is 0.0998. The Morgan fingerprint density at radius 1 is 1.33 bits per heavy atom. The van der Waals surface area contributed by atoms with Gasteiger partial charge in [0.1, 0.15) is 5.49 Å². The van der Waals surface area contributed by atoms with Crippen LogP contribution in [0.25, 0.3) is 0 Å². The Balaban J connectivity index is 2.55. The van der Waals surface area contributed by atoms with E-state index in [2.05, 4.69) is 6.07 Å². The molecule has 0 unspecified atom stereocenters. The number of hydrogen-bond acceptors (Lipinski definition) is 3. The first-order valence-electron chi connectivity index (χ1n) is 5.85. The molecule has 2 aromatic rings. The Hall–Kier alpha value is -2.29. The van der Waals surface area contributed by atoms with Crippen LogP contribution >= 0.6 is 23.2 Å². The standard InChI is InChI=1S/C14H10Cl2N4O/c15-10-2-1-8(5-17)9(3-10)6-20-7-11(16)4-12(13(20)18)14(19)21/h1-4,7,18H,6H2,(H2,19,21). The largest absolute Gasteiger partial charge is 0.365 e. The smallest absolute Gasteiger partial charge is 0.252 e. The van der Waals surface area contributed by atoms with Crippen molar-refractivity contribution in [3.63, 3.8) is 0 Å². The zero-order valence-electron chi connectivity index (χ0n) is 10.7. The van der Waals surface area contributed by atoms with E-state index in [-0.39, 0.29) is 22.6 Å². The van der Waals surface area contributed by atoms with Gasteiger partial charge >= 0.3 is 0 Å². The molecule has 0 saturated carbocycles. The van der Waals surface area contributed by atoms with E-state index in [0.717, 1.165) is 0 Å². The highest BCUT2D eigenvalue weighted by Gasteiger charge is 2.10. The van der Waals surface area contributed by atoms with Gasteiger partial charge in [-0.3, -0.25) is 10.2 Å². The van der Waals surface area contributed by atoms with Crippen LogP contribution in [0.15, 0.2) is 30.5 Å². The van der Waals surface area contributed by atoms with Gasteiger partial charge < -0.3 is 10.3 Å². The number of carbonyl (C=O) groups is 1. The summed E-state index contributed by atoms with van der Waals surface area (Å²) < 4.78 is 1.44. The Kier molecular flexibility index (Phi) is 4.32. The van der Waals surface area contributed by atoms with Crippen molar-refractivity contribution in [3.05, 3.63) is 62.7 Å². The van der Waals surface area contributed by atoms with E-state index in [4.69, 9.17) is 39.6 Å². The Labute approximate surface area is 130 Å². The van der Waals surface area contributed by atoms with Crippen LogP contribution in [0.1, 0.15) is 21.5 Å². The molecular weight excluding hydrogens is 311 g/mol. The molecule has 0 aliphatic rings. The van der Waals surface area contributed by atoms with Gasteiger partial charge in [0.05, 0.1) is 28.8 Å². The summed E-state index contributed by atoms with van der Waals surface area (Å²) in [5.41, 5.74) is 6.23. The number of primary amides is 1. The van der Waals surface area contributed by atoms with Crippen LogP contribution in [-0.2, 0) is 6.54 Å². The topological polar surface area (TPSA) is 95.7 Å². The van der Waals surface area contributed by atoms with Gasteiger partial charge in [0.2, 0.25) is 0 Å². The van der Waals surface area contributed by atoms with E-state index in [1.165, 1.54) is 16.8 Å². The third-order valence-electron chi connectivity index (χ3n) is 2.90. The van der Waals surface area contributed by atoms with Crippen LogP contribution in [0.2, 0.25) is 10.0 Å². The van der Waals surface area contributed by atoms with E-state index >= 15 is 0 Å². The number of nitrogens with zero attached hydrogens (tertiary/aromatic N) is 2. The van der Waals surface area contributed by atoms with Crippen molar-refractivity contribution < 1.29 is 4.79 Å². The Morgan fingerprint density at radius 3 is 2.67 bits per heavy atom. The lowest BCUT2D eigenvalue weighted by atomic mass is 10.1. The SMILES string of the molecule is N#Cc1ccc(Cl)cc1Cn1cc(Cl)cc(C(N)=O)c1=N. The number of nitrogens with two attached hydrogens (primary N) is 1. The van der Waals surface area contributed by atoms with E-state index in [9.17, 15) is 4.79 Å². The molecule has 1 aromatic carbocycles. The highest BCUT2D eigenvalue weighted by molar-refractivity contribution is 6.31. The molecule has 21 heavy (non-hydrogen) atoms. The summed E-state index contributed by atoms with van der Waals surface area (Å²) in [6.45, 7) is 0.184. The number of pyridine rings is 1. The number of rotatable bonds is 3. The fourth-order valence-corrected chi connectivity index (χ4v) is 2.33. The number of benzene rings is 1. The van der Waals surface area contributed by atoms with Crippen molar-refractivity contribution in [2.24, 2.45) is 5.73 Å². The number of amides is 1. The molecule has 0 fully saturated rings. The highest BCUT2D eigenvalue weighted by Crippen LogP contribution is 2.17. The van der Waals surface area contributed by atoms with Crippen molar-refractivity contribution >= 4 is 29.1 Å². The van der Waals surface area contributed by atoms with Gasteiger partial charge in [-0.15, -0.1) is 0 Å². The molecule has 0 radical (unpaired) electrons. The first kappa shape index (κ1) is 15.1. The molecule has 1 heterocycles. The lowest BCUT2D eigenvalue weighted by Gasteiger charge is -2.11. The van der Waals surface area contributed by atoms with Gasteiger partial charge in [0, 0.05) is 11.2 Å². The summed E-state index contributed by atoms with van der Waals surface area (Å²) in [7, 11) is 0. The summed E-state index contributed by atoms with van der Waals surface area (Å²) in [4.78, 5) is 11.3. The average Bonchev–Trinajstić information content (AvgIpc) is 2.42. The summed E-state index contributed by atoms with van der Waals surface area (Å²) in [5, 5.41) is 17.9. The van der Waals surface area contributed by atoms with Crippen LogP contribution in [0.4, 0.5) is 0 Å². The van der Waals surface area contributed by atoms with E-state index < -0.39 is 5.91 Å². The maximum atomic E-state index is 11.3. The van der Waals surface area contributed by atoms with Gasteiger partial charge in [-0.05, 0) is 29.8 Å². The van der Waals surface area contributed by atoms with Gasteiger partial charge in [0.15, 0.2) is 0 Å². The van der Waals surface area contributed by atoms with Crippen LogP contribution in [0.5, 0.6) is 0 Å². The first-order valence-corrected chi connectivity index (χ1v) is 6.61. The molecule has 5 nitrogen and oxygen atoms in total. The zero-order chi connectivity index (χ0) is 15.6. The molecule has 0 spiro atoms. The number of carbonyl (C=O) groups excluding carboxylic acids is 1. The van der Waals surface area contributed by atoms with E-state index in [1.54, 1.807) is 18.2 Å². The second-order valence-electron chi connectivity index (χ2n) is 4.33. The third kappa shape index (κ3) is 3.24. The van der Waals surface area contributed by atoms with Crippen molar-refractivity contribution in [1.82, 2.24) is 4.57 Å². The fraction of sp³-hybridized carbons (Fsp3) is 0.0714. The van der Waals surface area contributed by atoms with Gasteiger partial charge in [-0.25, -0.2) is 0 Å². The van der Waals surface area contributed by atoms with Gasteiger partial charge in [0.25, 0.3) is 5.91 Å². The van der Waals surface area contributed by atoms with Gasteiger partial charge in [-0.1, -0.05) is 23.2 Å². The molecule has 1 amide bonds. The molecule has 7 heteroatoms. The van der Waals surface area contributed by atoms with Crippen molar-refractivity contribution in [2.45, 2.75) is 6.54 Å². The minimum Gasteiger partial charge on any atom is -0.365 e. The molecule has 0 bridgehead atoms. The molecule has 1 aromatic heterocycles. The maximum absolute atomic E-state index is 11.3. The highest BCUT2D eigenvalue weighted by atomic mass is 35.5. The van der Waals surface area contributed by atoms with Crippen molar-refractivity contribution in [2.75, 3.05) is 0 Å². The third-order valence-corrected chi connectivity index (χ3v) is 3.34. The van der Waals surface area contributed by atoms with Crippen LogP contribution in [0, 0.1) is 16.7 Å². The normalized spacial score (nSPS) is 10.1. The van der Waals surface area contributed by atoms with Crippen molar-refractivity contribution in [1.29, 1.82) is 10.7 Å². The number of hydrogen-bond donors (Lipinski definition) is 2. The molecule has 3 N–H and O–H groups in total. The second kappa shape index (κ2) is 6.00. The predicted octanol–water partition coefficient (Wildman–Crippen LogP) is 2.29. The number of aromatic nitrogens is 1.